The molecule has 0 unspecified atom stereocenters. The van der Waals surface area contributed by atoms with Crippen LogP contribution in [-0.4, -0.2) is 23.3 Å². The van der Waals surface area contributed by atoms with Crippen LogP contribution in [0.4, 0.5) is 0 Å². The van der Waals surface area contributed by atoms with E-state index in [0.717, 1.165) is 53.2 Å². The van der Waals surface area contributed by atoms with Gasteiger partial charge in [-0.2, -0.15) is 0 Å². The minimum atomic E-state index is 0.728. The second kappa shape index (κ2) is 6.36. The summed E-state index contributed by atoms with van der Waals surface area (Å²) in [6.07, 6.45) is 3.35. The molecule has 1 heterocycles. The number of nitrogens with one attached hydrogen (secondary N) is 1. The molecule has 3 nitrogen and oxygen atoms in total. The molecule has 2 aromatic rings. The fraction of sp³-hybridized carbons (Fsp3) is 0.462. The van der Waals surface area contributed by atoms with Crippen LogP contribution in [0.25, 0.3) is 11.0 Å². The summed E-state index contributed by atoms with van der Waals surface area (Å²) in [6.45, 7) is 1.76. The van der Waals surface area contributed by atoms with Crippen LogP contribution in [-0.2, 0) is 11.3 Å². The second-order valence-electron chi connectivity index (χ2n) is 4.30. The predicted molar refractivity (Wildman–Crippen MR) is 77.9 cm³/mol. The Kier molecular flexibility index (Phi) is 4.80. The minimum Gasteiger partial charge on any atom is -0.385 e. The molecule has 98 valence electrons. The molecule has 0 saturated carbocycles. The molecule has 0 aliphatic carbocycles. The van der Waals surface area contributed by atoms with Crippen LogP contribution in [0.15, 0.2) is 18.2 Å². The molecular formula is C13H17ClN2OS. The van der Waals surface area contributed by atoms with E-state index in [1.165, 1.54) is 0 Å². The third-order valence-electron chi connectivity index (χ3n) is 2.97. The average molecular weight is 285 g/mol. The van der Waals surface area contributed by atoms with Gasteiger partial charge in [0.2, 0.25) is 0 Å². The number of hydrogen-bond acceptors (Lipinski definition) is 2. The van der Waals surface area contributed by atoms with Crippen molar-refractivity contribution in [2.45, 2.75) is 25.8 Å². The van der Waals surface area contributed by atoms with Crippen LogP contribution < -0.4 is 0 Å². The molecule has 5 heteroatoms. The maximum absolute atomic E-state index is 5.96. The molecule has 0 atom stereocenters. The van der Waals surface area contributed by atoms with Gasteiger partial charge in [-0.3, -0.25) is 0 Å². The van der Waals surface area contributed by atoms with E-state index in [1.54, 1.807) is 7.11 Å². The largest absolute Gasteiger partial charge is 0.385 e. The Morgan fingerprint density at radius 2 is 2.17 bits per heavy atom. The van der Waals surface area contributed by atoms with Gasteiger partial charge in [0.15, 0.2) is 4.77 Å². The zero-order valence-corrected chi connectivity index (χ0v) is 12.0. The standard InChI is InChI=1S/C13H17ClN2OS/c1-17-8-4-2-3-7-16-12-6-5-10(14)9-11(12)15-13(16)18/h5-6,9H,2-4,7-8H2,1H3,(H,15,18). The molecular weight excluding hydrogens is 268 g/mol. The third-order valence-corrected chi connectivity index (χ3v) is 3.52. The third kappa shape index (κ3) is 3.13. The monoisotopic (exact) mass is 284 g/mol. The lowest BCUT2D eigenvalue weighted by Crippen LogP contribution is -1.98. The van der Waals surface area contributed by atoms with Crippen molar-refractivity contribution < 1.29 is 4.74 Å². The Morgan fingerprint density at radius 1 is 1.33 bits per heavy atom. The van der Waals surface area contributed by atoms with Gasteiger partial charge < -0.3 is 14.3 Å². The number of hydrogen-bond donors (Lipinski definition) is 1. The van der Waals surface area contributed by atoms with Gasteiger partial charge in [0.25, 0.3) is 0 Å². The topological polar surface area (TPSA) is 29.9 Å². The number of methoxy groups -OCH3 is 1. The Hall–Kier alpha value is -0.840. The van der Waals surface area contributed by atoms with Crippen LogP contribution in [0.2, 0.25) is 5.02 Å². The van der Waals surface area contributed by atoms with Crippen LogP contribution in [0.3, 0.4) is 0 Å². The van der Waals surface area contributed by atoms with Crippen molar-refractivity contribution in [1.82, 2.24) is 9.55 Å². The van der Waals surface area contributed by atoms with Crippen molar-refractivity contribution in [3.63, 3.8) is 0 Å². The number of aromatic nitrogens is 2. The maximum Gasteiger partial charge on any atom is 0.178 e. The smallest absolute Gasteiger partial charge is 0.178 e. The molecule has 18 heavy (non-hydrogen) atoms. The number of H-pyrrole nitrogens is 1. The Morgan fingerprint density at radius 3 is 2.94 bits per heavy atom. The zero-order valence-electron chi connectivity index (χ0n) is 10.4. The summed E-state index contributed by atoms with van der Waals surface area (Å²) in [6, 6.07) is 5.82. The van der Waals surface area contributed by atoms with Crippen molar-refractivity contribution in [3.8, 4) is 0 Å². The van der Waals surface area contributed by atoms with Gasteiger partial charge in [0.1, 0.15) is 0 Å². The van der Waals surface area contributed by atoms with Gasteiger partial charge in [0.05, 0.1) is 11.0 Å². The molecule has 1 N–H and O–H groups in total. The number of halogens is 1. The van der Waals surface area contributed by atoms with Gasteiger partial charge in [-0.05, 0) is 49.7 Å². The molecule has 1 aromatic carbocycles. The number of rotatable bonds is 6. The number of benzene rings is 1. The van der Waals surface area contributed by atoms with E-state index in [9.17, 15) is 0 Å². The minimum absolute atomic E-state index is 0.728. The SMILES string of the molecule is COCCCCCn1c(=S)[nH]c2cc(Cl)ccc21. The first kappa shape index (κ1) is 13.6. The maximum atomic E-state index is 5.96. The number of nitrogens with zero attached hydrogens (tertiary/aromatic N) is 1. The molecule has 0 radical (unpaired) electrons. The summed E-state index contributed by atoms with van der Waals surface area (Å²) in [7, 11) is 1.74. The Bertz CT molecular complexity index is 576. The van der Waals surface area contributed by atoms with E-state index < -0.39 is 0 Å². The summed E-state index contributed by atoms with van der Waals surface area (Å²) in [4.78, 5) is 3.19. The van der Waals surface area contributed by atoms with Gasteiger partial charge in [0, 0.05) is 25.3 Å². The molecule has 0 aliphatic rings. The van der Waals surface area contributed by atoms with Crippen molar-refractivity contribution in [2.75, 3.05) is 13.7 Å². The van der Waals surface area contributed by atoms with Crippen molar-refractivity contribution in [2.24, 2.45) is 0 Å². The molecule has 0 bridgehead atoms. The predicted octanol–water partition coefficient (Wildman–Crippen LogP) is 4.17. The van der Waals surface area contributed by atoms with E-state index >= 15 is 0 Å². The first-order valence-corrected chi connectivity index (χ1v) is 6.88. The first-order chi connectivity index (χ1) is 8.72. The first-order valence-electron chi connectivity index (χ1n) is 6.09. The van der Waals surface area contributed by atoms with E-state index in [2.05, 4.69) is 9.55 Å². The number of imidazole rings is 1. The summed E-state index contributed by atoms with van der Waals surface area (Å²) in [5, 5.41) is 0.728. The van der Waals surface area contributed by atoms with Crippen LogP contribution in [0, 0.1) is 4.77 Å². The van der Waals surface area contributed by atoms with Crippen LogP contribution in [0.1, 0.15) is 19.3 Å². The number of aryl methyl sites for hydroxylation is 1. The molecule has 0 aliphatic heterocycles. The molecule has 0 amide bonds. The van der Waals surface area contributed by atoms with Gasteiger partial charge >= 0.3 is 0 Å². The number of unbranched alkanes of at least 4 members (excludes halogenated alkanes) is 2. The summed E-state index contributed by atoms with van der Waals surface area (Å²) >= 11 is 11.3. The highest BCUT2D eigenvalue weighted by atomic mass is 35.5. The fourth-order valence-corrected chi connectivity index (χ4v) is 2.52. The lowest BCUT2D eigenvalue weighted by atomic mass is 10.2. The lowest BCUT2D eigenvalue weighted by molar-refractivity contribution is 0.191. The van der Waals surface area contributed by atoms with Gasteiger partial charge in [-0.15, -0.1) is 0 Å². The molecule has 2 rings (SSSR count). The summed E-state index contributed by atoms with van der Waals surface area (Å²) in [5.74, 6) is 0. The van der Waals surface area contributed by atoms with Crippen LogP contribution >= 0.6 is 23.8 Å². The average Bonchev–Trinajstić information content (AvgIpc) is 2.64. The molecule has 1 aromatic heterocycles. The van der Waals surface area contributed by atoms with Gasteiger partial charge in [-0.25, -0.2) is 0 Å². The highest BCUT2D eigenvalue weighted by Crippen LogP contribution is 2.19. The Balaban J connectivity index is 2.08. The van der Waals surface area contributed by atoms with Crippen molar-refractivity contribution in [1.29, 1.82) is 0 Å². The molecule has 0 spiro atoms. The second-order valence-corrected chi connectivity index (χ2v) is 5.12. The molecule has 0 fully saturated rings. The zero-order chi connectivity index (χ0) is 13.0. The quantitative estimate of drug-likeness (QED) is 0.637. The highest BCUT2D eigenvalue weighted by Gasteiger charge is 2.04. The number of fused-ring (bicyclic) bond motifs is 1. The van der Waals surface area contributed by atoms with Crippen molar-refractivity contribution >= 4 is 34.9 Å². The lowest BCUT2D eigenvalue weighted by Gasteiger charge is -2.04. The van der Waals surface area contributed by atoms with Gasteiger partial charge in [-0.1, -0.05) is 11.6 Å². The fourth-order valence-electron chi connectivity index (χ4n) is 2.05. The normalized spacial score (nSPS) is 11.2. The van der Waals surface area contributed by atoms with Crippen molar-refractivity contribution in [3.05, 3.63) is 28.0 Å². The summed E-state index contributed by atoms with van der Waals surface area (Å²) < 4.78 is 7.93. The molecule has 0 saturated heterocycles. The van der Waals surface area contributed by atoms with E-state index in [0.29, 0.717) is 0 Å². The number of aromatic amines is 1. The van der Waals surface area contributed by atoms with Crippen LogP contribution in [0.5, 0.6) is 0 Å². The summed E-state index contributed by atoms with van der Waals surface area (Å²) in [5.41, 5.74) is 2.13. The highest BCUT2D eigenvalue weighted by molar-refractivity contribution is 7.71. The number of ether oxygens (including phenoxy) is 1. The Labute approximate surface area is 117 Å². The van der Waals surface area contributed by atoms with E-state index in [1.807, 2.05) is 18.2 Å². The van der Waals surface area contributed by atoms with E-state index in [-0.39, 0.29) is 0 Å². The van der Waals surface area contributed by atoms with E-state index in [4.69, 9.17) is 28.6 Å².